The number of carbonyl (C=O) groups excluding carboxylic acids is 1. The van der Waals surface area contributed by atoms with E-state index in [2.05, 4.69) is 64.1 Å². The largest absolute Gasteiger partial charge is 0.459 e. The molecule has 1 aromatic heterocycles. The molecule has 0 aliphatic carbocycles. The first kappa shape index (κ1) is 24.6. The van der Waals surface area contributed by atoms with E-state index < -0.39 is 0 Å². The van der Waals surface area contributed by atoms with Crippen molar-refractivity contribution in [3.05, 3.63) is 59.4 Å². The highest BCUT2D eigenvalue weighted by Gasteiger charge is 2.21. The molecule has 33 heavy (non-hydrogen) atoms. The molecule has 178 valence electrons. The lowest BCUT2D eigenvalue weighted by Crippen LogP contribution is -2.44. The van der Waals surface area contributed by atoms with Gasteiger partial charge in [-0.1, -0.05) is 25.1 Å². The molecule has 0 N–H and O–H groups in total. The zero-order valence-corrected chi connectivity index (χ0v) is 20.8. The minimum absolute atomic E-state index is 0.183. The molecule has 0 atom stereocenters. The first-order valence-corrected chi connectivity index (χ1v) is 11.7. The summed E-state index contributed by atoms with van der Waals surface area (Å²) in [6.07, 6.45) is 6.80. The number of hydrogen-bond donors (Lipinski definition) is 0. The summed E-state index contributed by atoms with van der Waals surface area (Å²) >= 11 is 0. The van der Waals surface area contributed by atoms with Crippen LogP contribution in [0.3, 0.4) is 0 Å². The number of anilines is 1. The van der Waals surface area contributed by atoms with Crippen LogP contribution in [0.25, 0.3) is 17.2 Å². The van der Waals surface area contributed by atoms with Gasteiger partial charge in [0.25, 0.3) is 0 Å². The second kappa shape index (κ2) is 11.2. The van der Waals surface area contributed by atoms with Crippen molar-refractivity contribution in [2.45, 2.75) is 40.2 Å². The van der Waals surface area contributed by atoms with Gasteiger partial charge in [0.05, 0.1) is 43.7 Å². The highest BCUT2D eigenvalue weighted by Crippen LogP contribution is 2.31. The number of nitrogens with zero attached hydrogens (tertiary/aromatic N) is 3. The maximum absolute atomic E-state index is 13.1. The molecule has 6 heteroatoms. The fraction of sp³-hybridized carbons (Fsp3) is 0.444. The molecule has 1 aliphatic rings. The van der Waals surface area contributed by atoms with Crippen molar-refractivity contribution < 1.29 is 14.3 Å². The molecular formula is C27H37N3O3. The van der Waals surface area contributed by atoms with E-state index in [0.717, 1.165) is 47.6 Å². The normalized spacial score (nSPS) is 15.2. The smallest absolute Gasteiger partial charge is 0.338 e. The molecule has 3 rings (SSSR count). The molecule has 1 aliphatic heterocycles. The van der Waals surface area contributed by atoms with Crippen LogP contribution in [0.4, 0.5) is 5.69 Å². The van der Waals surface area contributed by atoms with Gasteiger partial charge in [-0.3, -0.25) is 4.68 Å². The number of rotatable bonds is 8. The lowest BCUT2D eigenvalue weighted by atomic mass is 10.0. The van der Waals surface area contributed by atoms with E-state index in [-0.39, 0.29) is 12.1 Å². The van der Waals surface area contributed by atoms with Gasteiger partial charge in [-0.2, -0.15) is 0 Å². The molecule has 6 nitrogen and oxygen atoms in total. The molecule has 2 aromatic rings. The zero-order valence-electron chi connectivity index (χ0n) is 20.8. The molecule has 1 saturated heterocycles. The van der Waals surface area contributed by atoms with E-state index in [9.17, 15) is 4.79 Å². The van der Waals surface area contributed by atoms with E-state index in [1.54, 1.807) is 0 Å². The van der Waals surface area contributed by atoms with Crippen molar-refractivity contribution in [1.29, 1.82) is 0 Å². The van der Waals surface area contributed by atoms with Gasteiger partial charge in [-0.15, -0.1) is 0 Å². The number of hydrogen-bond acceptors (Lipinski definition) is 5. The van der Waals surface area contributed by atoms with Crippen LogP contribution in [0.1, 0.15) is 39.8 Å². The van der Waals surface area contributed by atoms with Crippen molar-refractivity contribution >= 4 is 17.7 Å². The van der Waals surface area contributed by atoms with Crippen LogP contribution in [0.5, 0.6) is 0 Å². The average Bonchev–Trinajstić information content (AvgIpc) is 3.21. The van der Waals surface area contributed by atoms with E-state index in [4.69, 9.17) is 9.47 Å². The number of aromatic nitrogens is 1. The maximum atomic E-state index is 13.1. The Hall–Kier alpha value is -2.99. The number of carbonyl (C=O) groups is 1. The molecule has 1 aromatic carbocycles. The van der Waals surface area contributed by atoms with Gasteiger partial charge >= 0.3 is 5.97 Å². The lowest BCUT2D eigenvalue weighted by Gasteiger charge is -2.31. The minimum atomic E-state index is -0.296. The van der Waals surface area contributed by atoms with Crippen LogP contribution in [-0.4, -0.2) is 57.1 Å². The van der Waals surface area contributed by atoms with Crippen molar-refractivity contribution in [2.75, 3.05) is 50.3 Å². The van der Waals surface area contributed by atoms with Gasteiger partial charge in [-0.05, 0) is 62.6 Å². The minimum Gasteiger partial charge on any atom is -0.459 e. The van der Waals surface area contributed by atoms with Gasteiger partial charge < -0.3 is 19.4 Å². The van der Waals surface area contributed by atoms with E-state index >= 15 is 0 Å². The third-order valence-corrected chi connectivity index (χ3v) is 5.65. The van der Waals surface area contributed by atoms with Gasteiger partial charge in [0.15, 0.2) is 0 Å². The molecule has 0 bridgehead atoms. The Morgan fingerprint density at radius 3 is 2.58 bits per heavy atom. The summed E-state index contributed by atoms with van der Waals surface area (Å²) in [4.78, 5) is 15.2. The number of benzene rings is 1. The quantitative estimate of drug-likeness (QED) is 0.325. The summed E-state index contributed by atoms with van der Waals surface area (Å²) in [5, 5.41) is 2.26. The molecule has 0 spiro atoms. The van der Waals surface area contributed by atoms with Gasteiger partial charge in [0.1, 0.15) is 0 Å². The SMILES string of the molecule is CC/C=C(C)/C(=C\c1c(-c2cccc(N(C)C)c2)ccn1N1CCOCC1)C(=O)OC(C)C. The Labute approximate surface area is 198 Å². The first-order valence-electron chi connectivity index (χ1n) is 11.7. The van der Waals surface area contributed by atoms with Gasteiger partial charge in [0, 0.05) is 31.5 Å². The van der Waals surface area contributed by atoms with Gasteiger partial charge in [0.2, 0.25) is 0 Å². The van der Waals surface area contributed by atoms with Crippen LogP contribution < -0.4 is 9.91 Å². The number of morpholine rings is 1. The molecule has 2 heterocycles. The highest BCUT2D eigenvalue weighted by molar-refractivity contribution is 5.99. The molecule has 1 fully saturated rings. The number of ether oxygens (including phenoxy) is 2. The number of allylic oxidation sites excluding steroid dienone is 1. The standard InChI is InChI=1S/C27H37N3O3/c1-7-9-21(4)25(27(31)33-20(2)3)19-26-24(22-10-8-11-23(18-22)28(5)6)12-13-30(26)29-14-16-32-17-15-29/h8-13,18-20H,7,14-17H2,1-6H3/b21-9+,25-19+. The Balaban J connectivity index is 2.19. The third kappa shape index (κ3) is 6.08. The third-order valence-electron chi connectivity index (χ3n) is 5.65. The van der Waals surface area contributed by atoms with E-state index in [0.29, 0.717) is 18.8 Å². The van der Waals surface area contributed by atoms with Crippen molar-refractivity contribution in [2.24, 2.45) is 0 Å². The monoisotopic (exact) mass is 451 g/mol. The Bertz CT molecular complexity index is 1010. The summed E-state index contributed by atoms with van der Waals surface area (Å²) in [7, 11) is 4.08. The molecule has 0 radical (unpaired) electrons. The second-order valence-corrected chi connectivity index (χ2v) is 8.78. The Morgan fingerprint density at radius 1 is 1.21 bits per heavy atom. The summed E-state index contributed by atoms with van der Waals surface area (Å²) < 4.78 is 13.3. The summed E-state index contributed by atoms with van der Waals surface area (Å²) in [6, 6.07) is 10.6. The van der Waals surface area contributed by atoms with Gasteiger partial charge in [-0.25, -0.2) is 4.79 Å². The fourth-order valence-corrected chi connectivity index (χ4v) is 3.95. The topological polar surface area (TPSA) is 46.9 Å². The maximum Gasteiger partial charge on any atom is 0.338 e. The van der Waals surface area contributed by atoms with Crippen LogP contribution in [0.2, 0.25) is 0 Å². The Morgan fingerprint density at radius 2 is 1.94 bits per heavy atom. The van der Waals surface area contributed by atoms with Crippen LogP contribution >= 0.6 is 0 Å². The summed E-state index contributed by atoms with van der Waals surface area (Å²) in [6.45, 7) is 10.8. The lowest BCUT2D eigenvalue weighted by molar-refractivity contribution is -0.142. The predicted molar refractivity (Wildman–Crippen MR) is 136 cm³/mol. The Kier molecular flexibility index (Phi) is 8.39. The molecule has 0 saturated carbocycles. The van der Waals surface area contributed by atoms with E-state index in [1.165, 1.54) is 0 Å². The van der Waals surface area contributed by atoms with Crippen molar-refractivity contribution in [1.82, 2.24) is 4.68 Å². The van der Waals surface area contributed by atoms with Crippen LogP contribution in [0, 0.1) is 0 Å². The zero-order chi connectivity index (χ0) is 24.0. The molecule has 0 unspecified atom stereocenters. The summed E-state index contributed by atoms with van der Waals surface area (Å²) in [5.41, 5.74) is 5.78. The highest BCUT2D eigenvalue weighted by atomic mass is 16.5. The van der Waals surface area contributed by atoms with Crippen molar-refractivity contribution in [3.63, 3.8) is 0 Å². The molecule has 0 amide bonds. The van der Waals surface area contributed by atoms with Crippen molar-refractivity contribution in [3.8, 4) is 11.1 Å². The first-order chi connectivity index (χ1) is 15.8. The second-order valence-electron chi connectivity index (χ2n) is 8.78. The predicted octanol–water partition coefficient (Wildman–Crippen LogP) is 4.88. The average molecular weight is 452 g/mol. The summed E-state index contributed by atoms with van der Waals surface area (Å²) in [5.74, 6) is -0.296. The fourth-order valence-electron chi connectivity index (χ4n) is 3.95. The van der Waals surface area contributed by atoms with Crippen LogP contribution in [-0.2, 0) is 14.3 Å². The van der Waals surface area contributed by atoms with E-state index in [1.807, 2.05) is 40.9 Å². The number of esters is 1. The molecular weight excluding hydrogens is 414 g/mol. The van der Waals surface area contributed by atoms with Crippen LogP contribution in [0.15, 0.2) is 53.8 Å².